The molecule has 1 fully saturated rings. The molecule has 5 N–H and O–H groups in total. The van der Waals surface area contributed by atoms with Gasteiger partial charge in [-0.15, -0.1) is 0 Å². The minimum Gasteiger partial charge on any atom is -0.368 e. The van der Waals surface area contributed by atoms with Crippen molar-refractivity contribution in [3.05, 3.63) is 0 Å². The van der Waals surface area contributed by atoms with Crippen LogP contribution in [0.2, 0.25) is 0 Å². The van der Waals surface area contributed by atoms with Gasteiger partial charge in [-0.3, -0.25) is 14.4 Å². The first-order valence-corrected chi connectivity index (χ1v) is 5.51. The molecule has 0 saturated heterocycles. The first-order valence-electron chi connectivity index (χ1n) is 5.51. The molecule has 0 bridgehead atoms. The SMILES string of the molecule is NCC1(C(=O)NOCC(N)=O)CCCCC1. The lowest BCUT2D eigenvalue weighted by Gasteiger charge is -2.34. The average molecular weight is 229 g/mol. The molecule has 0 aliphatic heterocycles. The van der Waals surface area contributed by atoms with Gasteiger partial charge in [-0.25, -0.2) is 5.48 Å². The van der Waals surface area contributed by atoms with Crippen molar-refractivity contribution in [2.75, 3.05) is 13.2 Å². The molecule has 2 amide bonds. The van der Waals surface area contributed by atoms with Gasteiger partial charge >= 0.3 is 0 Å². The van der Waals surface area contributed by atoms with Gasteiger partial charge in [0.15, 0.2) is 6.61 Å². The number of rotatable bonds is 5. The van der Waals surface area contributed by atoms with E-state index in [0.29, 0.717) is 6.54 Å². The first kappa shape index (κ1) is 12.9. The number of hydroxylamine groups is 1. The van der Waals surface area contributed by atoms with E-state index in [2.05, 4.69) is 5.48 Å². The zero-order valence-electron chi connectivity index (χ0n) is 9.33. The molecule has 1 aliphatic rings. The number of hydrogen-bond acceptors (Lipinski definition) is 4. The van der Waals surface area contributed by atoms with Crippen LogP contribution in [0, 0.1) is 5.41 Å². The Morgan fingerprint density at radius 2 is 1.88 bits per heavy atom. The highest BCUT2D eigenvalue weighted by molar-refractivity contribution is 5.82. The number of carbonyl (C=O) groups excluding carboxylic acids is 2. The smallest absolute Gasteiger partial charge is 0.251 e. The maximum absolute atomic E-state index is 11.9. The van der Waals surface area contributed by atoms with Gasteiger partial charge in [0.2, 0.25) is 5.91 Å². The minimum absolute atomic E-state index is 0.240. The summed E-state index contributed by atoms with van der Waals surface area (Å²) >= 11 is 0. The summed E-state index contributed by atoms with van der Waals surface area (Å²) in [6, 6.07) is 0. The fraction of sp³-hybridized carbons (Fsp3) is 0.800. The number of nitrogens with one attached hydrogen (secondary N) is 1. The number of hydrogen-bond donors (Lipinski definition) is 3. The van der Waals surface area contributed by atoms with Crippen LogP contribution in [0.1, 0.15) is 32.1 Å². The first-order chi connectivity index (χ1) is 7.60. The number of nitrogens with two attached hydrogens (primary N) is 2. The summed E-state index contributed by atoms with van der Waals surface area (Å²) in [4.78, 5) is 27.0. The molecule has 0 aromatic heterocycles. The Morgan fingerprint density at radius 3 is 2.38 bits per heavy atom. The van der Waals surface area contributed by atoms with Gasteiger partial charge in [-0.05, 0) is 12.8 Å². The van der Waals surface area contributed by atoms with E-state index in [9.17, 15) is 9.59 Å². The van der Waals surface area contributed by atoms with Gasteiger partial charge in [0, 0.05) is 6.54 Å². The Bertz CT molecular complexity index is 262. The Balaban J connectivity index is 2.45. The van der Waals surface area contributed by atoms with E-state index in [0.717, 1.165) is 32.1 Å². The molecule has 0 radical (unpaired) electrons. The minimum atomic E-state index is -0.620. The molecule has 1 aliphatic carbocycles. The molecule has 1 saturated carbocycles. The summed E-state index contributed by atoms with van der Waals surface area (Å²) in [6.45, 7) is -0.00877. The third-order valence-electron chi connectivity index (χ3n) is 3.06. The highest BCUT2D eigenvalue weighted by atomic mass is 16.7. The Morgan fingerprint density at radius 1 is 1.25 bits per heavy atom. The number of primary amides is 1. The number of amides is 2. The molecular weight excluding hydrogens is 210 g/mol. The van der Waals surface area contributed by atoms with E-state index in [-0.39, 0.29) is 12.5 Å². The Kier molecular flexibility index (Phi) is 4.70. The van der Waals surface area contributed by atoms with Gasteiger partial charge in [0.05, 0.1) is 5.41 Å². The topological polar surface area (TPSA) is 107 Å². The predicted molar refractivity (Wildman–Crippen MR) is 57.9 cm³/mol. The van der Waals surface area contributed by atoms with Gasteiger partial charge < -0.3 is 11.5 Å². The van der Waals surface area contributed by atoms with Crippen LogP contribution in [0.3, 0.4) is 0 Å². The fourth-order valence-electron chi connectivity index (χ4n) is 2.03. The zero-order chi connectivity index (χ0) is 12.0. The van der Waals surface area contributed by atoms with Crippen molar-refractivity contribution >= 4 is 11.8 Å². The third kappa shape index (κ3) is 3.18. The zero-order valence-corrected chi connectivity index (χ0v) is 9.33. The second-order valence-corrected chi connectivity index (χ2v) is 4.23. The molecule has 0 atom stereocenters. The number of carbonyl (C=O) groups is 2. The van der Waals surface area contributed by atoms with Crippen LogP contribution in [0.4, 0.5) is 0 Å². The largest absolute Gasteiger partial charge is 0.368 e. The van der Waals surface area contributed by atoms with Crippen molar-refractivity contribution in [3.63, 3.8) is 0 Å². The van der Waals surface area contributed by atoms with Gasteiger partial charge in [0.1, 0.15) is 0 Å². The van der Waals surface area contributed by atoms with Gasteiger partial charge in [0.25, 0.3) is 5.91 Å². The lowest BCUT2D eigenvalue weighted by molar-refractivity contribution is -0.147. The Labute approximate surface area is 94.6 Å². The third-order valence-corrected chi connectivity index (χ3v) is 3.06. The quantitative estimate of drug-likeness (QED) is 0.548. The summed E-state index contributed by atoms with van der Waals surface area (Å²) in [5.41, 5.74) is 12.3. The molecule has 0 spiro atoms. The van der Waals surface area contributed by atoms with Crippen molar-refractivity contribution < 1.29 is 14.4 Å². The standard InChI is InChI=1S/C10H19N3O3/c11-7-10(4-2-1-3-5-10)9(15)13-16-6-8(12)14/h1-7,11H2,(H2,12,14)(H,13,15). The van der Waals surface area contributed by atoms with Crippen LogP contribution in [0.15, 0.2) is 0 Å². The van der Waals surface area contributed by atoms with Crippen LogP contribution in [0.25, 0.3) is 0 Å². The monoisotopic (exact) mass is 229 g/mol. The van der Waals surface area contributed by atoms with E-state index in [4.69, 9.17) is 16.3 Å². The van der Waals surface area contributed by atoms with Crippen molar-refractivity contribution in [3.8, 4) is 0 Å². The van der Waals surface area contributed by atoms with Crippen LogP contribution in [-0.4, -0.2) is 25.0 Å². The lowest BCUT2D eigenvalue weighted by atomic mass is 9.73. The van der Waals surface area contributed by atoms with Crippen LogP contribution < -0.4 is 16.9 Å². The molecule has 6 nitrogen and oxygen atoms in total. The summed E-state index contributed by atoms with van der Waals surface area (Å²) in [5.74, 6) is -0.860. The molecule has 0 aromatic rings. The Hall–Kier alpha value is -1.14. The van der Waals surface area contributed by atoms with Gasteiger partial charge in [-0.2, -0.15) is 0 Å². The van der Waals surface area contributed by atoms with Crippen molar-refractivity contribution in [1.29, 1.82) is 0 Å². The van der Waals surface area contributed by atoms with Gasteiger partial charge in [-0.1, -0.05) is 19.3 Å². The summed E-state index contributed by atoms with van der Waals surface area (Å²) in [7, 11) is 0. The van der Waals surface area contributed by atoms with E-state index < -0.39 is 11.3 Å². The molecule has 0 unspecified atom stereocenters. The average Bonchev–Trinajstić information content (AvgIpc) is 2.29. The van der Waals surface area contributed by atoms with E-state index in [1.54, 1.807) is 0 Å². The summed E-state index contributed by atoms with van der Waals surface area (Å²) in [5, 5.41) is 0. The van der Waals surface area contributed by atoms with Crippen molar-refractivity contribution in [2.45, 2.75) is 32.1 Å². The molecule has 16 heavy (non-hydrogen) atoms. The molecular formula is C10H19N3O3. The fourth-order valence-corrected chi connectivity index (χ4v) is 2.03. The van der Waals surface area contributed by atoms with Crippen molar-refractivity contribution in [2.24, 2.45) is 16.9 Å². The predicted octanol–water partition coefficient (Wildman–Crippen LogP) is -0.571. The van der Waals surface area contributed by atoms with Crippen molar-refractivity contribution in [1.82, 2.24) is 5.48 Å². The normalized spacial score (nSPS) is 19.1. The molecule has 92 valence electrons. The highest BCUT2D eigenvalue weighted by Gasteiger charge is 2.38. The van der Waals surface area contributed by atoms with Crippen LogP contribution in [0.5, 0.6) is 0 Å². The molecule has 1 rings (SSSR count). The maximum Gasteiger partial charge on any atom is 0.251 e. The lowest BCUT2D eigenvalue weighted by Crippen LogP contribution is -2.47. The van der Waals surface area contributed by atoms with E-state index >= 15 is 0 Å². The summed E-state index contributed by atoms with van der Waals surface area (Å²) < 4.78 is 0. The van der Waals surface area contributed by atoms with Crippen LogP contribution >= 0.6 is 0 Å². The maximum atomic E-state index is 11.9. The highest BCUT2D eigenvalue weighted by Crippen LogP contribution is 2.35. The second-order valence-electron chi connectivity index (χ2n) is 4.23. The van der Waals surface area contributed by atoms with E-state index in [1.807, 2.05) is 0 Å². The molecule has 0 aromatic carbocycles. The van der Waals surface area contributed by atoms with Crippen LogP contribution in [-0.2, 0) is 14.4 Å². The van der Waals surface area contributed by atoms with E-state index in [1.165, 1.54) is 0 Å². The molecule has 6 heteroatoms. The summed E-state index contributed by atoms with van der Waals surface area (Å²) in [6.07, 6.45) is 4.68. The molecule has 0 heterocycles. The second kappa shape index (κ2) is 5.81.